The summed E-state index contributed by atoms with van der Waals surface area (Å²) in [6.45, 7) is 0. The fourth-order valence-electron chi connectivity index (χ4n) is 2.95. The van der Waals surface area contributed by atoms with Crippen molar-refractivity contribution in [1.82, 2.24) is 4.57 Å². The van der Waals surface area contributed by atoms with E-state index in [0.717, 1.165) is 6.07 Å². The first-order valence-corrected chi connectivity index (χ1v) is 8.50. The van der Waals surface area contributed by atoms with Gasteiger partial charge in [-0.05, 0) is 48.4 Å². The second-order valence-corrected chi connectivity index (χ2v) is 6.40. The van der Waals surface area contributed by atoms with Gasteiger partial charge in [-0.1, -0.05) is 35.9 Å². The van der Waals surface area contributed by atoms with Crippen LogP contribution in [0.5, 0.6) is 0 Å². The summed E-state index contributed by atoms with van der Waals surface area (Å²) in [5.41, 5.74) is 0.870. The van der Waals surface area contributed by atoms with E-state index in [4.69, 9.17) is 16.7 Å². The van der Waals surface area contributed by atoms with E-state index in [-0.39, 0.29) is 18.5 Å². The molecular weight excluding hydrogens is 379 g/mol. The lowest BCUT2D eigenvalue weighted by Gasteiger charge is -2.19. The average Bonchev–Trinajstić information content (AvgIpc) is 3.03. The number of para-hydroxylation sites is 1. The van der Waals surface area contributed by atoms with Gasteiger partial charge in [0, 0.05) is 10.7 Å². The zero-order chi connectivity index (χ0) is 19.6. The van der Waals surface area contributed by atoms with Gasteiger partial charge in [0.2, 0.25) is 0 Å². The molecule has 0 aliphatic heterocycles. The Bertz CT molecular complexity index is 962. The Labute approximate surface area is 158 Å². The lowest BCUT2D eigenvalue weighted by atomic mass is 10.1. The largest absolute Gasteiger partial charge is 0.481 e. The van der Waals surface area contributed by atoms with Gasteiger partial charge in [0.1, 0.15) is 0 Å². The Hall–Kier alpha value is -2.73. The number of hydrogen-bond donors (Lipinski definition) is 1. The van der Waals surface area contributed by atoms with Crippen LogP contribution in [0, 0.1) is 0 Å². The summed E-state index contributed by atoms with van der Waals surface area (Å²) in [6, 6.07) is 15.3. The van der Waals surface area contributed by atoms with E-state index in [1.54, 1.807) is 36.4 Å². The van der Waals surface area contributed by atoms with Gasteiger partial charge in [0.15, 0.2) is 0 Å². The zero-order valence-electron chi connectivity index (χ0n) is 14.0. The van der Waals surface area contributed by atoms with Crippen LogP contribution >= 0.6 is 11.6 Å². The molecule has 0 aliphatic rings. The molecule has 0 amide bonds. The van der Waals surface area contributed by atoms with Crippen molar-refractivity contribution in [3.63, 3.8) is 0 Å². The molecule has 2 aromatic carbocycles. The van der Waals surface area contributed by atoms with Crippen LogP contribution in [0.1, 0.15) is 17.7 Å². The molecule has 0 unspecified atom stereocenters. The van der Waals surface area contributed by atoms with Gasteiger partial charge in [-0.3, -0.25) is 4.79 Å². The minimum atomic E-state index is -4.54. The molecule has 1 aromatic heterocycles. The van der Waals surface area contributed by atoms with E-state index in [9.17, 15) is 18.0 Å². The van der Waals surface area contributed by atoms with Crippen molar-refractivity contribution in [2.45, 2.75) is 19.0 Å². The highest BCUT2D eigenvalue weighted by molar-refractivity contribution is 6.30. The van der Waals surface area contributed by atoms with E-state index >= 15 is 0 Å². The lowest BCUT2D eigenvalue weighted by Crippen LogP contribution is -2.13. The van der Waals surface area contributed by atoms with Gasteiger partial charge in [-0.15, -0.1) is 0 Å². The number of carbonyl (C=O) groups is 1. The van der Waals surface area contributed by atoms with E-state index in [1.165, 1.54) is 22.8 Å². The van der Waals surface area contributed by atoms with Gasteiger partial charge in [0.25, 0.3) is 0 Å². The van der Waals surface area contributed by atoms with E-state index in [2.05, 4.69) is 0 Å². The zero-order valence-corrected chi connectivity index (χ0v) is 14.8. The van der Waals surface area contributed by atoms with Crippen molar-refractivity contribution in [3.8, 4) is 16.9 Å². The summed E-state index contributed by atoms with van der Waals surface area (Å²) >= 11 is 5.91. The second-order valence-electron chi connectivity index (χ2n) is 5.96. The number of carboxylic acid groups (broad SMARTS) is 1. The van der Waals surface area contributed by atoms with E-state index in [0.29, 0.717) is 22.0 Å². The summed E-state index contributed by atoms with van der Waals surface area (Å²) in [6.07, 6.45) is -4.62. The third-order valence-corrected chi connectivity index (χ3v) is 4.40. The molecule has 140 valence electrons. The van der Waals surface area contributed by atoms with Gasteiger partial charge >= 0.3 is 12.1 Å². The number of aromatic nitrogens is 1. The molecule has 7 heteroatoms. The van der Waals surface area contributed by atoms with Gasteiger partial charge < -0.3 is 9.67 Å². The van der Waals surface area contributed by atoms with Crippen molar-refractivity contribution in [3.05, 3.63) is 76.9 Å². The fourth-order valence-corrected chi connectivity index (χ4v) is 3.07. The Kier molecular flexibility index (Phi) is 5.28. The molecule has 3 aromatic rings. The molecule has 1 heterocycles. The van der Waals surface area contributed by atoms with Crippen LogP contribution in [-0.4, -0.2) is 15.6 Å². The first-order chi connectivity index (χ1) is 12.8. The van der Waals surface area contributed by atoms with Crippen molar-refractivity contribution < 1.29 is 23.1 Å². The number of hydrogen-bond acceptors (Lipinski definition) is 1. The molecule has 1 N–H and O–H groups in total. The number of nitrogens with zero attached hydrogens (tertiary/aromatic N) is 1. The molecule has 0 aliphatic carbocycles. The number of aryl methyl sites for hydroxylation is 1. The molecule has 3 nitrogen and oxygen atoms in total. The Morgan fingerprint density at radius 3 is 2.30 bits per heavy atom. The maximum absolute atomic E-state index is 13.5. The van der Waals surface area contributed by atoms with Crippen molar-refractivity contribution >= 4 is 17.6 Å². The minimum absolute atomic E-state index is 0.0414. The van der Waals surface area contributed by atoms with Gasteiger partial charge in [0.05, 0.1) is 23.4 Å². The van der Waals surface area contributed by atoms with Crippen LogP contribution in [0.4, 0.5) is 13.2 Å². The lowest BCUT2D eigenvalue weighted by molar-refractivity contribution is -0.138. The van der Waals surface area contributed by atoms with Crippen LogP contribution in [0.15, 0.2) is 60.7 Å². The Morgan fingerprint density at radius 2 is 1.67 bits per heavy atom. The summed E-state index contributed by atoms with van der Waals surface area (Å²) in [4.78, 5) is 11.0. The van der Waals surface area contributed by atoms with Crippen LogP contribution < -0.4 is 0 Å². The molecule has 3 rings (SSSR count). The summed E-state index contributed by atoms with van der Waals surface area (Å²) < 4.78 is 42.1. The van der Waals surface area contributed by atoms with E-state index < -0.39 is 17.7 Å². The Morgan fingerprint density at radius 1 is 1.00 bits per heavy atom. The number of alkyl halides is 3. The predicted octanol–water partition coefficient (Wildman–Crippen LogP) is 5.83. The number of benzene rings is 2. The molecule has 0 saturated carbocycles. The second kappa shape index (κ2) is 7.48. The number of halogens is 4. The van der Waals surface area contributed by atoms with Crippen molar-refractivity contribution in [1.29, 1.82) is 0 Å². The molecule has 0 saturated heterocycles. The minimum Gasteiger partial charge on any atom is -0.481 e. The number of carboxylic acids is 1. The van der Waals surface area contributed by atoms with Crippen LogP contribution in [0.25, 0.3) is 16.9 Å². The first-order valence-electron chi connectivity index (χ1n) is 8.12. The van der Waals surface area contributed by atoms with Gasteiger partial charge in [-0.2, -0.15) is 13.2 Å². The highest BCUT2D eigenvalue weighted by Crippen LogP contribution is 2.37. The molecule has 27 heavy (non-hydrogen) atoms. The SMILES string of the molecule is O=C(O)CCc1ccc(-c2ccc(Cl)cc2)n1-c1ccccc1C(F)(F)F. The van der Waals surface area contributed by atoms with Gasteiger partial charge in [-0.25, -0.2) is 0 Å². The Balaban J connectivity index is 2.21. The average molecular weight is 394 g/mol. The number of rotatable bonds is 5. The third kappa shape index (κ3) is 4.17. The third-order valence-electron chi connectivity index (χ3n) is 4.15. The quantitative estimate of drug-likeness (QED) is 0.592. The molecule has 0 bridgehead atoms. The fraction of sp³-hybridized carbons (Fsp3) is 0.150. The van der Waals surface area contributed by atoms with Crippen LogP contribution in [0.3, 0.4) is 0 Å². The number of aliphatic carboxylic acids is 1. The maximum atomic E-state index is 13.5. The molecule has 0 fully saturated rings. The first kappa shape index (κ1) is 19.0. The standard InChI is InChI=1S/C20H15ClF3NO2/c21-14-7-5-13(6-8-14)17-11-9-15(10-12-19(26)27)25(17)18-4-2-1-3-16(18)20(22,23)24/h1-9,11H,10,12H2,(H,26,27). The molecule has 0 atom stereocenters. The van der Waals surface area contributed by atoms with Crippen molar-refractivity contribution in [2.24, 2.45) is 0 Å². The topological polar surface area (TPSA) is 42.2 Å². The smallest absolute Gasteiger partial charge is 0.418 e. The summed E-state index contributed by atoms with van der Waals surface area (Å²) in [5, 5.41) is 9.48. The molecule has 0 radical (unpaired) electrons. The van der Waals surface area contributed by atoms with E-state index in [1.807, 2.05) is 0 Å². The van der Waals surface area contributed by atoms with Crippen molar-refractivity contribution in [2.75, 3.05) is 0 Å². The maximum Gasteiger partial charge on any atom is 0.418 e. The molecule has 0 spiro atoms. The van der Waals surface area contributed by atoms with Crippen LogP contribution in [-0.2, 0) is 17.4 Å². The normalized spacial score (nSPS) is 11.6. The van der Waals surface area contributed by atoms with Crippen LogP contribution in [0.2, 0.25) is 5.02 Å². The summed E-state index contributed by atoms with van der Waals surface area (Å²) in [7, 11) is 0. The predicted molar refractivity (Wildman–Crippen MR) is 97.2 cm³/mol. The summed E-state index contributed by atoms with van der Waals surface area (Å²) in [5.74, 6) is -1.01. The highest BCUT2D eigenvalue weighted by Gasteiger charge is 2.34. The molecular formula is C20H15ClF3NO2. The highest BCUT2D eigenvalue weighted by atomic mass is 35.5. The monoisotopic (exact) mass is 393 g/mol.